The molecule has 0 amide bonds. The van der Waals surface area contributed by atoms with Crippen molar-refractivity contribution in [2.75, 3.05) is 14.2 Å². The predicted molar refractivity (Wildman–Crippen MR) is 152 cm³/mol. The molecule has 1 aliphatic carbocycles. The van der Waals surface area contributed by atoms with Crippen LogP contribution in [0.5, 0.6) is 11.5 Å². The summed E-state index contributed by atoms with van der Waals surface area (Å²) in [6.45, 7) is 10.2. The van der Waals surface area contributed by atoms with Crippen LogP contribution in [0.2, 0.25) is 0 Å². The first-order chi connectivity index (χ1) is 15.4. The molecule has 192 valence electrons. The van der Waals surface area contributed by atoms with Crippen LogP contribution in [0.1, 0.15) is 63.5 Å². The van der Waals surface area contributed by atoms with Crippen LogP contribution in [0.3, 0.4) is 0 Å². The van der Waals surface area contributed by atoms with Crippen LogP contribution in [0.4, 0.5) is 0 Å². The van der Waals surface area contributed by atoms with E-state index in [2.05, 4.69) is 69.4 Å². The summed E-state index contributed by atoms with van der Waals surface area (Å²) in [7, 11) is 8.38. The van der Waals surface area contributed by atoms with Crippen molar-refractivity contribution in [1.29, 1.82) is 0 Å². The van der Waals surface area contributed by atoms with Crippen molar-refractivity contribution >= 4 is 55.6 Å². The smallest absolute Gasteiger partial charge is 0.119 e. The monoisotopic (exact) mass is 688 g/mol. The number of hydrogen-bond donors (Lipinski definition) is 2. The number of benzene rings is 2. The van der Waals surface area contributed by atoms with Gasteiger partial charge in [-0.25, -0.2) is 0 Å². The van der Waals surface area contributed by atoms with E-state index in [0.717, 1.165) is 33.5 Å². The van der Waals surface area contributed by atoms with Gasteiger partial charge in [0.05, 0.1) is 26.4 Å². The summed E-state index contributed by atoms with van der Waals surface area (Å²) in [4.78, 5) is 0. The fraction of sp³-hybridized carbons (Fsp3) is 0.500. The molecule has 0 fully saturated rings. The van der Waals surface area contributed by atoms with Gasteiger partial charge in [-0.3, -0.25) is 0 Å². The largest absolute Gasteiger partial charge is 0.497 e. The van der Waals surface area contributed by atoms with Crippen LogP contribution in [0.15, 0.2) is 40.9 Å². The molecule has 3 rings (SSSR count). The summed E-state index contributed by atoms with van der Waals surface area (Å²) in [6, 6.07) is 11.6. The Balaban J connectivity index is -0.000000488. The van der Waals surface area contributed by atoms with Crippen LogP contribution in [0, 0.1) is 10.8 Å². The maximum atomic E-state index is 10.2. The third-order valence-electron chi connectivity index (χ3n) is 5.35. The average Bonchev–Trinajstić information content (AvgIpc) is 3.04. The van der Waals surface area contributed by atoms with E-state index in [4.69, 9.17) is 9.47 Å². The van der Waals surface area contributed by atoms with Crippen LogP contribution in [-0.4, -0.2) is 24.4 Å². The Bertz CT molecular complexity index is 900. The number of aliphatic hydroxyl groups is 2. The average molecular weight is 689 g/mol. The van der Waals surface area contributed by atoms with Crippen molar-refractivity contribution in [3.05, 3.63) is 57.6 Å². The number of hydrogen-bond acceptors (Lipinski definition) is 6. The second-order valence-electron chi connectivity index (χ2n) is 9.29. The van der Waals surface area contributed by atoms with Gasteiger partial charge >= 0.3 is 0 Å². The summed E-state index contributed by atoms with van der Waals surface area (Å²) < 4.78 is 11.2. The number of aliphatic hydroxyl groups excluding tert-OH is 2. The fourth-order valence-electron chi connectivity index (χ4n) is 3.45. The van der Waals surface area contributed by atoms with E-state index in [-0.39, 0.29) is 60.4 Å². The van der Waals surface area contributed by atoms with Crippen LogP contribution >= 0.6 is 32.0 Å². The van der Waals surface area contributed by atoms with Gasteiger partial charge in [-0.05, 0) is 80.3 Å². The molecule has 35 heavy (non-hydrogen) atoms. The Kier molecular flexibility index (Phi) is 22.0. The molecule has 2 unspecified atom stereocenters. The first-order valence-electron chi connectivity index (χ1n) is 10.2. The molecule has 0 radical (unpaired) electrons. The minimum absolute atomic E-state index is 0. The van der Waals surface area contributed by atoms with Crippen molar-refractivity contribution in [2.45, 2.75) is 53.2 Å². The van der Waals surface area contributed by atoms with Crippen molar-refractivity contribution in [1.82, 2.24) is 0 Å². The molecule has 4 nitrogen and oxygen atoms in total. The first kappa shape index (κ1) is 40.4. The van der Waals surface area contributed by atoms with Crippen LogP contribution in [-0.2, 0) is 73.5 Å². The van der Waals surface area contributed by atoms with E-state index >= 15 is 0 Å². The fourth-order valence-corrected chi connectivity index (χ4v) is 3.91. The summed E-state index contributed by atoms with van der Waals surface area (Å²) in [5.41, 5.74) is 2.89. The Morgan fingerprint density at radius 3 is 1.89 bits per heavy atom. The molecule has 1 aliphatic rings. The number of ether oxygens (including phenoxy) is 2. The molecule has 0 spiro atoms. The van der Waals surface area contributed by atoms with E-state index in [1.165, 1.54) is 5.56 Å². The Morgan fingerprint density at radius 2 is 1.43 bits per heavy atom. The molecule has 0 aliphatic heterocycles. The van der Waals surface area contributed by atoms with E-state index in [1.807, 2.05) is 57.2 Å². The number of methoxy groups -OCH3 is 2. The van der Waals surface area contributed by atoms with Gasteiger partial charge < -0.3 is 19.7 Å². The molecule has 2 aromatic rings. The normalized spacial score (nSPS) is 15.4. The summed E-state index contributed by atoms with van der Waals surface area (Å²) in [5.74, 6) is 1.58. The van der Waals surface area contributed by atoms with E-state index < -0.39 is 6.10 Å². The molecular weight excluding hydrogens is 654 g/mol. The minimum Gasteiger partial charge on any atom is -0.497 e. The molecule has 0 heterocycles. The maximum Gasteiger partial charge on any atom is 0.119 e. The predicted octanol–water partition coefficient (Wildman–Crippen LogP) is 7.03. The summed E-state index contributed by atoms with van der Waals surface area (Å²) >= 11 is 11.2. The third-order valence-corrected chi connectivity index (χ3v) is 6.07. The van der Waals surface area contributed by atoms with Gasteiger partial charge in [0.15, 0.2) is 0 Å². The molecule has 0 bridgehead atoms. The number of halogens is 1. The molecule has 2 atom stereocenters. The zero-order valence-electron chi connectivity index (χ0n) is 21.2. The van der Waals surface area contributed by atoms with Crippen LogP contribution < -0.4 is 9.47 Å². The van der Waals surface area contributed by atoms with E-state index in [0.29, 0.717) is 0 Å². The van der Waals surface area contributed by atoms with Crippen molar-refractivity contribution in [3.8, 4) is 11.5 Å². The standard InChI is InChI=1S/C12H17BrO2.C12H16O2.2HPS.2Ti/c1-12(2,3)11(14)9-7-8(15-4)5-6-10(9)13;1-12(2)7-8-4-5-9(14-3)6-10(8)11(12)13;2*1-2;;/h5-7,11,14H,1-4H3;4-6,11,13H,7H2,1-3H3;2*1H;;. The molecule has 2 aromatic carbocycles. The zero-order chi connectivity index (χ0) is 26.0. The summed E-state index contributed by atoms with van der Waals surface area (Å²) in [5, 5.41) is 20.2. The Labute approximate surface area is 263 Å². The van der Waals surface area contributed by atoms with Crippen molar-refractivity contribution < 1.29 is 63.1 Å². The Morgan fingerprint density at radius 1 is 0.971 bits per heavy atom. The van der Waals surface area contributed by atoms with Gasteiger partial charge in [0, 0.05) is 47.9 Å². The second-order valence-corrected chi connectivity index (χ2v) is 10.1. The molecule has 2 N–H and O–H groups in total. The number of rotatable bonds is 3. The van der Waals surface area contributed by atoms with Crippen molar-refractivity contribution in [2.24, 2.45) is 10.8 Å². The van der Waals surface area contributed by atoms with Gasteiger partial charge in [0.25, 0.3) is 0 Å². The molecule has 11 heteroatoms. The van der Waals surface area contributed by atoms with Gasteiger partial charge in [-0.2, -0.15) is 0 Å². The van der Waals surface area contributed by atoms with Gasteiger partial charge in [0.1, 0.15) is 11.5 Å². The molecule has 0 aromatic heterocycles. The molecular formula is C24H35BrO4P2S2Ti2. The van der Waals surface area contributed by atoms with Gasteiger partial charge in [-0.15, -0.1) is 0 Å². The number of fused-ring (bicyclic) bond motifs is 1. The quantitative estimate of drug-likeness (QED) is 0.267. The summed E-state index contributed by atoms with van der Waals surface area (Å²) in [6.07, 6.45) is 0.0580. The second kappa shape index (κ2) is 19.0. The maximum absolute atomic E-state index is 10.2. The molecule has 0 saturated carbocycles. The SMILES string of the molecule is COc1ccc(Br)c(C(O)C(C)(C)C)c1.COc1ccc2c(c1)C(O)C(C)(C)C2.P=S.P=S.[Ti].[Ti]. The zero-order valence-corrected chi connectivity index (χ0v) is 29.6. The first-order valence-corrected chi connectivity index (χ1v) is 14.2. The van der Waals surface area contributed by atoms with Gasteiger partial charge in [-0.1, -0.05) is 80.2 Å². The van der Waals surface area contributed by atoms with E-state index in [9.17, 15) is 10.2 Å². The third kappa shape index (κ3) is 12.1. The van der Waals surface area contributed by atoms with Crippen LogP contribution in [0.25, 0.3) is 0 Å². The van der Waals surface area contributed by atoms with Gasteiger partial charge in [0.2, 0.25) is 0 Å². The Hall–Kier alpha value is 0.909. The molecule has 0 saturated heterocycles. The van der Waals surface area contributed by atoms with E-state index in [1.54, 1.807) is 14.2 Å². The minimum atomic E-state index is -0.512. The van der Waals surface area contributed by atoms with Crippen molar-refractivity contribution in [3.63, 3.8) is 0 Å². The topological polar surface area (TPSA) is 58.9 Å².